The molecule has 0 atom stereocenters. The van der Waals surface area contributed by atoms with Crippen molar-refractivity contribution in [2.24, 2.45) is 0 Å². The van der Waals surface area contributed by atoms with E-state index in [1.54, 1.807) is 18.2 Å². The zero-order valence-corrected chi connectivity index (χ0v) is 45.2. The normalized spacial score (nSPS) is 10.7. The Balaban J connectivity index is 2.13. The Morgan fingerprint density at radius 2 is 0.532 bits per heavy atom. The van der Waals surface area contributed by atoms with Gasteiger partial charge in [0.15, 0.2) is 0 Å². The number of benzene rings is 3. The Labute approximate surface area is 453 Å². The summed E-state index contributed by atoms with van der Waals surface area (Å²) in [5.74, 6) is -2.37. The zero-order valence-electron chi connectivity index (χ0n) is 44.4. The number of carbonyl (C=O) groups is 6. The number of unbranched alkanes of at least 4 members (excludes halogenated alkanes) is 6. The van der Waals surface area contributed by atoms with Gasteiger partial charge >= 0.3 is 43.6 Å². The second kappa shape index (κ2) is 37.3. The first-order valence-corrected chi connectivity index (χ1v) is 27.5. The summed E-state index contributed by atoms with van der Waals surface area (Å²) in [6, 6.07) is 16.6. The van der Waals surface area contributed by atoms with Crippen LogP contribution in [-0.4, -0.2) is 75.5 Å². The van der Waals surface area contributed by atoms with Crippen molar-refractivity contribution in [3.8, 4) is 17.2 Å². The molecule has 0 aromatic heterocycles. The van der Waals surface area contributed by atoms with Gasteiger partial charge in [-0.25, -0.2) is 28.8 Å². The lowest BCUT2D eigenvalue weighted by Gasteiger charge is -2.24. The van der Waals surface area contributed by atoms with E-state index in [1.807, 2.05) is 36.4 Å². The maximum absolute atomic E-state index is 15.8. The van der Waals surface area contributed by atoms with Crippen LogP contribution in [0.4, 0.5) is 0 Å². The predicted octanol–water partition coefficient (Wildman–Crippen LogP) is 11.6. The summed E-state index contributed by atoms with van der Waals surface area (Å²) in [7, 11) is -4.74. The summed E-state index contributed by atoms with van der Waals surface area (Å²) in [6.45, 7) is 21.9. The smallest absolute Gasteiger partial charge is 0.463 e. The molecule has 0 saturated heterocycles. The van der Waals surface area contributed by atoms with E-state index < -0.39 is 43.6 Å². The lowest BCUT2D eigenvalue weighted by molar-refractivity contribution is -0.138. The topological polar surface area (TPSA) is 203 Å². The molecule has 17 heteroatoms. The number of hydrogen-bond acceptors (Lipinski definition) is 16. The molecule has 77 heavy (non-hydrogen) atoms. The molecule has 0 unspecified atom stereocenters. The second-order valence-electron chi connectivity index (χ2n) is 17.5. The fourth-order valence-corrected chi connectivity index (χ4v) is 8.94. The summed E-state index contributed by atoms with van der Waals surface area (Å²) in [4.78, 5) is 70.3. The molecule has 3 aromatic carbocycles. The second-order valence-corrected chi connectivity index (χ2v) is 19.0. The number of ether oxygens (including phenoxy) is 6. The first-order valence-electron chi connectivity index (χ1n) is 26.0. The average molecular weight is 1080 g/mol. The van der Waals surface area contributed by atoms with Crippen molar-refractivity contribution in [1.82, 2.24) is 0 Å². The first kappa shape index (κ1) is 63.8. The third kappa shape index (κ3) is 26.7. The highest BCUT2D eigenvalue weighted by atomic mass is 31.2. The first-order chi connectivity index (χ1) is 37.2. The van der Waals surface area contributed by atoms with Crippen molar-refractivity contribution >= 4 is 43.6 Å². The molecule has 0 amide bonds. The Morgan fingerprint density at radius 1 is 0.325 bits per heavy atom. The van der Waals surface area contributed by atoms with Crippen LogP contribution in [0.2, 0.25) is 0 Å². The van der Waals surface area contributed by atoms with Gasteiger partial charge in [-0.2, -0.15) is 4.57 Å². The van der Waals surface area contributed by atoms with Crippen molar-refractivity contribution in [2.45, 2.75) is 116 Å². The number of phosphoric ester groups is 1. The van der Waals surface area contributed by atoms with E-state index in [9.17, 15) is 28.8 Å². The number of phosphoric acid groups is 1. The third-order valence-electron chi connectivity index (χ3n) is 11.6. The molecular weight excluding hydrogens is 1010 g/mol. The van der Waals surface area contributed by atoms with Crippen molar-refractivity contribution in [1.29, 1.82) is 0 Å². The maximum atomic E-state index is 15.8. The van der Waals surface area contributed by atoms with Crippen molar-refractivity contribution in [3.63, 3.8) is 0 Å². The highest BCUT2D eigenvalue weighted by Crippen LogP contribution is 2.52. The summed E-state index contributed by atoms with van der Waals surface area (Å²) in [5.41, 5.74) is 4.91. The predicted molar refractivity (Wildman–Crippen MR) is 293 cm³/mol. The molecule has 0 aliphatic heterocycles. The molecule has 0 spiro atoms. The monoisotopic (exact) mass is 1080 g/mol. The van der Waals surface area contributed by atoms with E-state index in [1.165, 1.54) is 0 Å². The SMILES string of the molecule is C=CC(=O)OCCCCc1ccc(OP(=O)(Oc2ccc(CCCCOC(=O)C=C)cc2CCCCOC(=O)C=C)Oc2ccc(CCCCOC(=O)C=C)cc2CCCCOC(=O)C=C)c(CCCCOC(=O)C=C)c1. The van der Waals surface area contributed by atoms with Crippen LogP contribution in [-0.2, 0) is 100 Å². The average Bonchev–Trinajstić information content (AvgIpc) is 3.43. The highest BCUT2D eigenvalue weighted by Gasteiger charge is 2.36. The Bertz CT molecular complexity index is 2240. The molecule has 0 bridgehead atoms. The molecule has 0 aliphatic carbocycles. The van der Waals surface area contributed by atoms with Crippen LogP contribution in [0.25, 0.3) is 0 Å². The minimum atomic E-state index is -4.74. The summed E-state index contributed by atoms with van der Waals surface area (Å²) >= 11 is 0. The summed E-state index contributed by atoms with van der Waals surface area (Å²) in [6.07, 6.45) is 17.0. The molecule has 0 radical (unpaired) electrons. The van der Waals surface area contributed by atoms with Crippen LogP contribution in [0, 0.1) is 0 Å². The Morgan fingerprint density at radius 3 is 0.740 bits per heavy atom. The van der Waals surface area contributed by atoms with Crippen LogP contribution in [0.3, 0.4) is 0 Å². The van der Waals surface area contributed by atoms with E-state index in [0.717, 1.165) is 53.1 Å². The van der Waals surface area contributed by atoms with Gasteiger partial charge < -0.3 is 42.0 Å². The van der Waals surface area contributed by atoms with Crippen molar-refractivity contribution in [3.05, 3.63) is 164 Å². The van der Waals surface area contributed by atoms with E-state index >= 15 is 4.57 Å². The molecule has 3 aromatic rings. The minimum Gasteiger partial charge on any atom is -0.463 e. The van der Waals surface area contributed by atoms with Gasteiger partial charge in [-0.15, -0.1) is 0 Å². The minimum absolute atomic E-state index is 0.158. The van der Waals surface area contributed by atoms with Crippen LogP contribution < -0.4 is 13.6 Å². The standard InChI is InChI=1S/C60H75O16P/c1-7-55(61)68-37-19-13-25-46-31-34-52(49(43-46)28-16-22-40-71-58(64)10-4)74-77(67,75-53-35-32-47(26-14-20-38-69-56(62)8-2)44-50(53)29-17-23-41-72-59(65)11-5)76-54-36-33-48(27-15-21-39-70-57(63)9-3)45-51(54)30-18-24-42-73-60(66)12-6/h7-12,31-36,43-45H,1-6,13-30,37-42H2. The number of hydrogen-bond donors (Lipinski definition) is 0. The Hall–Kier alpha value is -7.45. The lowest BCUT2D eigenvalue weighted by Crippen LogP contribution is -2.12. The van der Waals surface area contributed by atoms with Gasteiger partial charge in [0.05, 0.1) is 39.6 Å². The zero-order chi connectivity index (χ0) is 56.1. The molecule has 0 N–H and O–H groups in total. The van der Waals surface area contributed by atoms with Gasteiger partial charge in [0, 0.05) is 36.5 Å². The number of aryl methyl sites for hydroxylation is 6. The van der Waals surface area contributed by atoms with Crippen LogP contribution in [0.5, 0.6) is 17.2 Å². The van der Waals surface area contributed by atoms with Crippen LogP contribution in [0.15, 0.2) is 131 Å². The van der Waals surface area contributed by atoms with Gasteiger partial charge in [0.25, 0.3) is 0 Å². The lowest BCUT2D eigenvalue weighted by atomic mass is 10.0. The van der Waals surface area contributed by atoms with Gasteiger partial charge in [-0.1, -0.05) is 75.9 Å². The molecule has 0 saturated carbocycles. The highest BCUT2D eigenvalue weighted by molar-refractivity contribution is 7.49. The summed E-state index contributed by atoms with van der Waals surface area (Å²) in [5, 5.41) is 0. The van der Waals surface area contributed by atoms with E-state index in [2.05, 4.69) is 39.5 Å². The number of esters is 6. The molecular formula is C60H75O16P. The summed E-state index contributed by atoms with van der Waals surface area (Å²) < 4.78 is 66.8. The fourth-order valence-electron chi connectivity index (χ4n) is 7.57. The fraction of sp³-hybridized carbons (Fsp3) is 0.400. The van der Waals surface area contributed by atoms with Crippen LogP contribution >= 0.6 is 7.82 Å². The largest absolute Gasteiger partial charge is 0.647 e. The Kier molecular flexibility index (Phi) is 30.9. The number of rotatable bonds is 42. The quantitative estimate of drug-likeness (QED) is 0.0170. The van der Waals surface area contributed by atoms with Crippen LogP contribution in [0.1, 0.15) is 110 Å². The molecule has 3 rings (SSSR count). The van der Waals surface area contributed by atoms with Gasteiger partial charge in [-0.3, -0.25) is 0 Å². The molecule has 0 aliphatic rings. The van der Waals surface area contributed by atoms with E-state index in [0.29, 0.717) is 132 Å². The van der Waals surface area contributed by atoms with Crippen molar-refractivity contribution in [2.75, 3.05) is 39.6 Å². The molecule has 416 valence electrons. The number of carbonyl (C=O) groups excluding carboxylic acids is 6. The maximum Gasteiger partial charge on any atom is 0.647 e. The molecule has 0 fully saturated rings. The van der Waals surface area contributed by atoms with Gasteiger partial charge in [0.2, 0.25) is 0 Å². The third-order valence-corrected chi connectivity index (χ3v) is 12.8. The molecule has 0 heterocycles. The van der Waals surface area contributed by atoms with Gasteiger partial charge in [-0.05, 0) is 167 Å². The molecule has 16 nitrogen and oxygen atoms in total. The van der Waals surface area contributed by atoms with Crippen molar-refractivity contribution < 1.29 is 75.3 Å². The van der Waals surface area contributed by atoms with E-state index in [4.69, 9.17) is 42.0 Å². The van der Waals surface area contributed by atoms with Gasteiger partial charge in [0.1, 0.15) is 17.2 Å². The van der Waals surface area contributed by atoms with E-state index in [-0.39, 0.29) is 56.9 Å².